The topological polar surface area (TPSA) is 36.2 Å². The van der Waals surface area contributed by atoms with Gasteiger partial charge in [-0.3, -0.25) is 4.99 Å². The minimum absolute atomic E-state index is 0.970. The maximum absolute atomic E-state index is 7.06. The van der Waals surface area contributed by atoms with E-state index in [2.05, 4.69) is 61.1 Å². The van der Waals surface area contributed by atoms with Gasteiger partial charge in [0.25, 0.3) is 0 Å². The Labute approximate surface area is 168 Å². The largest absolute Gasteiger partial charge is 0.308 e. The molecule has 0 radical (unpaired) electrons. The van der Waals surface area contributed by atoms with E-state index in [0.29, 0.717) is 0 Å². The summed E-state index contributed by atoms with van der Waals surface area (Å²) < 4.78 is 1.22. The van der Waals surface area contributed by atoms with Crippen LogP contribution in [0.1, 0.15) is 49.4 Å². The maximum atomic E-state index is 7.06. The number of nitrogens with one attached hydrogen (secondary N) is 1. The Morgan fingerprint density at radius 3 is 1.88 bits per heavy atom. The molecule has 0 unspecified atom stereocenters. The Kier molecular flexibility index (Phi) is 17.9. The van der Waals surface area contributed by atoms with Crippen LogP contribution in [0.25, 0.3) is 0 Å². The van der Waals surface area contributed by atoms with Crippen LogP contribution < -0.4 is 0 Å². The van der Waals surface area contributed by atoms with Crippen molar-refractivity contribution in [2.75, 3.05) is 4.43 Å². The summed E-state index contributed by atoms with van der Waals surface area (Å²) in [5.41, 5.74) is 5.54. The van der Waals surface area contributed by atoms with Crippen LogP contribution in [0.3, 0.4) is 0 Å². The van der Waals surface area contributed by atoms with Crippen molar-refractivity contribution in [3.05, 3.63) is 64.7 Å². The van der Waals surface area contributed by atoms with Gasteiger partial charge < -0.3 is 5.41 Å². The number of nitrogens with zero attached hydrogens (tertiary/aromatic N) is 1. The van der Waals surface area contributed by atoms with Gasteiger partial charge in [0.15, 0.2) is 0 Å². The van der Waals surface area contributed by atoms with Crippen LogP contribution in [0, 0.1) is 26.2 Å². The van der Waals surface area contributed by atoms with E-state index in [1.54, 1.807) is 0 Å². The van der Waals surface area contributed by atoms with Crippen LogP contribution >= 0.6 is 22.6 Å². The molecule has 0 saturated carbocycles. The van der Waals surface area contributed by atoms with Gasteiger partial charge in [0, 0.05) is 6.21 Å². The number of aliphatic imine (C=N–C) groups is 1. The lowest BCUT2D eigenvalue weighted by Gasteiger charge is -1.98. The van der Waals surface area contributed by atoms with E-state index in [1.165, 1.54) is 33.8 Å². The summed E-state index contributed by atoms with van der Waals surface area (Å²) in [7, 11) is 0. The van der Waals surface area contributed by atoms with Crippen LogP contribution in [0.2, 0.25) is 0 Å². The highest BCUT2D eigenvalue weighted by molar-refractivity contribution is 14.1. The number of aryl methyl sites for hydroxylation is 3. The first kappa shape index (κ1) is 25.7. The minimum atomic E-state index is 0.970. The molecular formula is C22H33IN2. The van der Waals surface area contributed by atoms with Crippen LogP contribution in [-0.4, -0.2) is 17.4 Å². The maximum Gasteiger partial charge on any atom is 0.0651 e. The zero-order chi connectivity index (χ0) is 19.7. The Hall–Kier alpha value is -1.49. The van der Waals surface area contributed by atoms with E-state index in [4.69, 9.17) is 5.41 Å². The van der Waals surface area contributed by atoms with Gasteiger partial charge in [-0.2, -0.15) is 0 Å². The summed E-state index contributed by atoms with van der Waals surface area (Å²) in [4.78, 5) is 3.82. The normalized spacial score (nSPS) is 8.44. The number of alkyl halides is 1. The minimum Gasteiger partial charge on any atom is -0.308 e. The first-order valence-electron chi connectivity index (χ1n) is 8.57. The van der Waals surface area contributed by atoms with Crippen molar-refractivity contribution in [3.8, 4) is 0 Å². The predicted molar refractivity (Wildman–Crippen MR) is 125 cm³/mol. The Bertz CT molecular complexity index is 605. The summed E-state index contributed by atoms with van der Waals surface area (Å²) in [6, 6.07) is 14.0. The van der Waals surface area contributed by atoms with Crippen molar-refractivity contribution in [3.63, 3.8) is 0 Å². The van der Waals surface area contributed by atoms with E-state index in [0.717, 1.165) is 11.3 Å². The van der Waals surface area contributed by atoms with Gasteiger partial charge in [0.05, 0.1) is 5.69 Å². The monoisotopic (exact) mass is 452 g/mol. The van der Waals surface area contributed by atoms with Crippen LogP contribution in [-0.2, 0) is 0 Å². The van der Waals surface area contributed by atoms with Crippen molar-refractivity contribution >= 4 is 41.2 Å². The fourth-order valence-corrected chi connectivity index (χ4v) is 1.66. The summed E-state index contributed by atoms with van der Waals surface area (Å²) in [6.45, 7) is 15.9. The smallest absolute Gasteiger partial charge is 0.0651 e. The molecule has 0 heterocycles. The van der Waals surface area contributed by atoms with Gasteiger partial charge in [-0.05, 0) is 54.7 Å². The number of halogens is 1. The molecule has 0 aromatic heterocycles. The molecule has 0 atom stereocenters. The summed E-state index contributed by atoms with van der Waals surface area (Å²) in [5, 5.41) is 7.06. The second-order valence-corrected chi connectivity index (χ2v) is 6.95. The fraction of sp³-hybridized carbons (Fsp3) is 0.364. The average molecular weight is 452 g/mol. The molecule has 2 aromatic carbocycles. The molecule has 2 nitrogen and oxygen atoms in total. The van der Waals surface area contributed by atoms with Gasteiger partial charge >= 0.3 is 0 Å². The number of hydrogen-bond donors (Lipinski definition) is 1. The third-order valence-electron chi connectivity index (χ3n) is 2.88. The van der Waals surface area contributed by atoms with Gasteiger partial charge in [-0.25, -0.2) is 0 Å². The van der Waals surface area contributed by atoms with Crippen molar-refractivity contribution in [1.82, 2.24) is 0 Å². The third kappa shape index (κ3) is 13.5. The molecule has 0 aliphatic carbocycles. The van der Waals surface area contributed by atoms with Crippen molar-refractivity contribution in [1.29, 1.82) is 5.41 Å². The molecule has 0 spiro atoms. The van der Waals surface area contributed by atoms with Crippen LogP contribution in [0.4, 0.5) is 5.69 Å². The summed E-state index contributed by atoms with van der Waals surface area (Å²) >= 11 is 2.29. The van der Waals surface area contributed by atoms with E-state index < -0.39 is 0 Å². The number of para-hydroxylation sites is 1. The number of hydrogen-bond acceptors (Lipinski definition) is 2. The fourth-order valence-electron chi connectivity index (χ4n) is 1.66. The van der Waals surface area contributed by atoms with Gasteiger partial charge in [-0.1, -0.05) is 91.7 Å². The quantitative estimate of drug-likeness (QED) is 0.279. The highest BCUT2D eigenvalue weighted by Gasteiger charge is 1.92. The lowest BCUT2D eigenvalue weighted by molar-refractivity contribution is 1.09. The van der Waals surface area contributed by atoms with E-state index in [9.17, 15) is 0 Å². The highest BCUT2D eigenvalue weighted by atomic mass is 127. The second-order valence-electron chi connectivity index (χ2n) is 5.42. The molecule has 0 fully saturated rings. The molecule has 3 heteroatoms. The van der Waals surface area contributed by atoms with E-state index >= 15 is 0 Å². The lowest BCUT2D eigenvalue weighted by atomic mass is 10.1. The molecule has 2 aromatic rings. The van der Waals surface area contributed by atoms with Crippen LogP contribution in [0.5, 0.6) is 0 Å². The molecule has 0 bridgehead atoms. The number of rotatable bonds is 2. The molecule has 0 aliphatic heterocycles. The van der Waals surface area contributed by atoms with Crippen molar-refractivity contribution in [2.24, 2.45) is 4.99 Å². The van der Waals surface area contributed by atoms with Crippen molar-refractivity contribution in [2.45, 2.75) is 48.0 Å². The molecular weight excluding hydrogens is 419 g/mol. The highest BCUT2D eigenvalue weighted by Crippen LogP contribution is 2.15. The summed E-state index contributed by atoms with van der Waals surface area (Å²) in [6.07, 6.45) is 2.64. The van der Waals surface area contributed by atoms with E-state index in [1.807, 2.05) is 57.2 Å². The van der Waals surface area contributed by atoms with Gasteiger partial charge in [0.1, 0.15) is 0 Å². The SMILES string of the molecule is C=Nc1ccccc1C.CCC.CCI.Cc1ccc(C)c(C=N)c1. The predicted octanol–water partition coefficient (Wildman–Crippen LogP) is 7.49. The third-order valence-corrected chi connectivity index (χ3v) is 2.88. The van der Waals surface area contributed by atoms with Crippen LogP contribution in [0.15, 0.2) is 47.5 Å². The first-order chi connectivity index (χ1) is 11.9. The first-order valence-corrected chi connectivity index (χ1v) is 10.1. The average Bonchev–Trinajstić information content (AvgIpc) is 2.59. The molecule has 0 saturated heterocycles. The molecule has 0 amide bonds. The molecule has 25 heavy (non-hydrogen) atoms. The van der Waals surface area contributed by atoms with Crippen molar-refractivity contribution < 1.29 is 0 Å². The molecule has 138 valence electrons. The number of benzene rings is 2. The van der Waals surface area contributed by atoms with E-state index in [-0.39, 0.29) is 0 Å². The molecule has 2 rings (SSSR count). The zero-order valence-electron chi connectivity index (χ0n) is 16.6. The Morgan fingerprint density at radius 2 is 1.52 bits per heavy atom. The van der Waals surface area contributed by atoms with Gasteiger partial charge in [0.2, 0.25) is 0 Å². The standard InChI is InChI=1S/C9H11N.C8H9N.C3H8.C2H5I/c1-7-3-4-8(2)9(5-7)6-10;1-7-5-3-4-6-8(7)9-2;1-3-2;1-2-3/h3-6,10H,1-2H3;3-6H,2H2,1H3;3H2,1-2H3;2H2,1H3. The van der Waals surface area contributed by atoms with Gasteiger partial charge in [-0.15, -0.1) is 0 Å². The lowest BCUT2D eigenvalue weighted by Crippen LogP contribution is -1.85. The summed E-state index contributed by atoms with van der Waals surface area (Å²) in [5.74, 6) is 0. The Balaban J connectivity index is 0. The molecule has 0 aliphatic rings. The molecule has 1 N–H and O–H groups in total. The Morgan fingerprint density at radius 1 is 1.00 bits per heavy atom. The second kappa shape index (κ2) is 17.3. The zero-order valence-corrected chi connectivity index (χ0v) is 18.7.